The number of anilines is 1. The van der Waals surface area contributed by atoms with Gasteiger partial charge in [-0.25, -0.2) is 24.0 Å². The van der Waals surface area contributed by atoms with Gasteiger partial charge in [0.05, 0.1) is 74.7 Å². The number of nitrogens with zero attached hydrogens (tertiary/aromatic N) is 6. The summed E-state index contributed by atoms with van der Waals surface area (Å²) in [4.78, 5) is 40.6. The smallest absolute Gasteiger partial charge is 0.474 e. The molecule has 0 spiro atoms. The van der Waals surface area contributed by atoms with Crippen molar-refractivity contribution in [1.29, 1.82) is 5.26 Å². The lowest BCUT2D eigenvalue weighted by Gasteiger charge is -2.39. The Morgan fingerprint density at radius 2 is 1.40 bits per heavy atom. The van der Waals surface area contributed by atoms with Crippen LogP contribution in [0.3, 0.4) is 0 Å². The van der Waals surface area contributed by atoms with Crippen LogP contribution < -0.4 is 25.6 Å². The fraction of sp³-hybridized carbons (Fsp3) is 0.375. The average Bonchev–Trinajstić information content (AvgIpc) is 3.88. The first-order valence-corrected chi connectivity index (χ1v) is 27.8. The molecule has 7 aromatic rings. The van der Waals surface area contributed by atoms with E-state index >= 15 is 0 Å². The Morgan fingerprint density at radius 1 is 0.805 bits per heavy atom. The molecule has 8 rings (SSSR count). The van der Waals surface area contributed by atoms with Gasteiger partial charge in [0.15, 0.2) is 5.72 Å². The van der Waals surface area contributed by atoms with Crippen LogP contribution in [0.1, 0.15) is 57.2 Å². The number of fused-ring (bicyclic) bond motifs is 2. The van der Waals surface area contributed by atoms with Gasteiger partial charge in [0.25, 0.3) is 14.1 Å². The first-order valence-electron chi connectivity index (χ1n) is 25.2. The number of aromatic nitrogens is 4. The summed E-state index contributed by atoms with van der Waals surface area (Å²) in [5.41, 5.74) is 1.44. The molecule has 0 saturated carbocycles. The number of benzene rings is 5. The summed E-state index contributed by atoms with van der Waals surface area (Å²) in [7, 11) is -0.0972. The second-order valence-corrected chi connectivity index (χ2v) is 22.0. The van der Waals surface area contributed by atoms with Gasteiger partial charge in [0, 0.05) is 57.2 Å². The van der Waals surface area contributed by atoms with Crippen LogP contribution in [0.15, 0.2) is 143 Å². The molecule has 1 saturated heterocycles. The lowest BCUT2D eigenvalue weighted by atomic mass is 9.80. The molecule has 1 aliphatic heterocycles. The van der Waals surface area contributed by atoms with Gasteiger partial charge in [-0.1, -0.05) is 66.7 Å². The molecule has 1 N–H and O–H groups in total. The molecule has 0 aliphatic carbocycles. The lowest BCUT2D eigenvalue weighted by Crippen LogP contribution is -2.47. The number of likely N-dealkylation sites (N-methyl/N-ethyl adjacent to an activating group) is 1. The fourth-order valence-electron chi connectivity index (χ4n) is 9.43. The Balaban J connectivity index is 1.15. The number of nitrogens with one attached hydrogen (secondary N) is 1. The Hall–Kier alpha value is -6.39. The highest BCUT2D eigenvalue weighted by Gasteiger charge is 2.53. The Kier molecular flexibility index (Phi) is 18.7. The third-order valence-corrected chi connectivity index (χ3v) is 16.8. The summed E-state index contributed by atoms with van der Waals surface area (Å²) in [5, 5.41) is 9.58. The first-order chi connectivity index (χ1) is 37.1. The van der Waals surface area contributed by atoms with Gasteiger partial charge < -0.3 is 32.9 Å². The standard InChI is InChI=1S/C56H65N7O12P2/c1-39(2)63(40(3)4)76(71-33-14-30-57)75-51-36-55(62-31-29-53(64)60-54(62)65,38-73-77(66,69-8)72-34-32-61(5)44-23-28-49-50(35-44)59-48-18-13-12-17-47(48)58-49)74-52(51)37-70-56(41-15-10-9-11-16-41,42-19-24-45(67-6)25-20-42)43-21-26-46(68-7)27-22-43/h9-13,15-29,31,35,39-40,51-52H,14,32-34,36-38H2,1-8H3,(H,60,64,65)/t51-,52+,55-,76?,77?/m0/s1. The molecule has 2 unspecified atom stereocenters. The van der Waals surface area contributed by atoms with E-state index < -0.39 is 57.7 Å². The van der Waals surface area contributed by atoms with Crippen LogP contribution in [0, 0.1) is 11.3 Å². The predicted octanol–water partition coefficient (Wildman–Crippen LogP) is 9.69. The number of ether oxygens (including phenoxy) is 4. The van der Waals surface area contributed by atoms with E-state index in [4.69, 9.17) is 51.5 Å². The predicted molar refractivity (Wildman–Crippen MR) is 294 cm³/mol. The number of methoxy groups -OCH3 is 2. The highest BCUT2D eigenvalue weighted by molar-refractivity contribution is 7.48. The van der Waals surface area contributed by atoms with E-state index in [-0.39, 0.29) is 51.3 Å². The van der Waals surface area contributed by atoms with Crippen LogP contribution in [0.4, 0.5) is 5.69 Å². The van der Waals surface area contributed by atoms with Crippen LogP contribution in [0.25, 0.3) is 22.1 Å². The summed E-state index contributed by atoms with van der Waals surface area (Å²) >= 11 is 0. The molecular weight excluding hydrogens is 1020 g/mol. The second kappa shape index (κ2) is 25.4. The zero-order valence-electron chi connectivity index (χ0n) is 44.4. The molecule has 21 heteroatoms. The van der Waals surface area contributed by atoms with Crippen molar-refractivity contribution in [3.8, 4) is 17.6 Å². The maximum absolute atomic E-state index is 14.6. The van der Waals surface area contributed by atoms with Gasteiger partial charge in [-0.2, -0.15) is 5.26 Å². The number of hydrogen-bond donors (Lipinski definition) is 1. The van der Waals surface area contributed by atoms with Gasteiger partial charge in [0.2, 0.25) is 0 Å². The number of phosphoric ester groups is 1. The summed E-state index contributed by atoms with van der Waals surface area (Å²) in [6.45, 7) is 7.51. The van der Waals surface area contributed by atoms with Crippen molar-refractivity contribution in [1.82, 2.24) is 24.2 Å². The number of para-hydroxylation sites is 2. The monoisotopic (exact) mass is 1090 g/mol. The van der Waals surface area contributed by atoms with E-state index in [2.05, 4.69) is 15.7 Å². The third-order valence-electron chi connectivity index (χ3n) is 13.2. The van der Waals surface area contributed by atoms with Crippen molar-refractivity contribution in [3.63, 3.8) is 0 Å². The van der Waals surface area contributed by atoms with Gasteiger partial charge in [0.1, 0.15) is 29.8 Å². The van der Waals surface area contributed by atoms with Crippen LogP contribution in [-0.4, -0.2) is 110 Å². The third kappa shape index (κ3) is 13.0. The molecular formula is C56H65N7O12P2. The Labute approximate surface area is 449 Å². The minimum absolute atomic E-state index is 0.0717. The molecule has 19 nitrogen and oxygen atoms in total. The van der Waals surface area contributed by atoms with Crippen LogP contribution >= 0.6 is 16.3 Å². The van der Waals surface area contributed by atoms with Gasteiger partial charge in [-0.05, 0) is 99.0 Å². The maximum atomic E-state index is 14.6. The number of aromatic amines is 1. The number of H-pyrrole nitrogens is 1. The molecule has 77 heavy (non-hydrogen) atoms. The van der Waals surface area contributed by atoms with Crippen molar-refractivity contribution in [2.24, 2.45) is 0 Å². The molecule has 0 bridgehead atoms. The SMILES string of the molecule is COc1ccc(C(OC[C@H]2O[C@@](COP(=O)(OC)OCCN(C)c3ccc4nc5ccccc5nc4c3)(n3ccc(=O)[nH]c3=O)C[C@@H]2OP(OCCC#N)N(C(C)C)C(C)C)(c2ccccc2)c2ccc(OC)cc2)cc1. The average molecular weight is 1090 g/mol. The van der Waals surface area contributed by atoms with Crippen LogP contribution in [-0.2, 0) is 48.0 Å². The number of phosphoric acid groups is 1. The number of rotatable bonds is 26. The summed E-state index contributed by atoms with van der Waals surface area (Å²) < 4.78 is 74.7. The number of nitriles is 1. The normalized spacial score (nSPS) is 17.9. The first kappa shape index (κ1) is 56.8. The fourth-order valence-corrected chi connectivity index (χ4v) is 12.1. The van der Waals surface area contributed by atoms with Gasteiger partial charge in [-0.15, -0.1) is 0 Å². The maximum Gasteiger partial charge on any atom is 0.474 e. The van der Waals surface area contributed by atoms with E-state index in [9.17, 15) is 19.4 Å². The molecule has 5 aromatic carbocycles. The summed E-state index contributed by atoms with van der Waals surface area (Å²) in [6.07, 6.45) is -0.729. The highest BCUT2D eigenvalue weighted by Crippen LogP contribution is 2.54. The van der Waals surface area contributed by atoms with E-state index in [0.717, 1.165) is 38.9 Å². The van der Waals surface area contributed by atoms with E-state index in [1.165, 1.54) is 23.9 Å². The zero-order valence-corrected chi connectivity index (χ0v) is 46.2. The Morgan fingerprint density at radius 3 is 1.99 bits per heavy atom. The van der Waals surface area contributed by atoms with Crippen molar-refractivity contribution in [2.45, 2.75) is 76.2 Å². The van der Waals surface area contributed by atoms with E-state index in [0.29, 0.717) is 17.0 Å². The molecule has 2 aromatic heterocycles. The quantitative estimate of drug-likeness (QED) is 0.0231. The van der Waals surface area contributed by atoms with Crippen molar-refractivity contribution >= 4 is 44.1 Å². The number of hydrogen-bond acceptors (Lipinski definition) is 17. The lowest BCUT2D eigenvalue weighted by molar-refractivity contribution is -0.157. The summed E-state index contributed by atoms with van der Waals surface area (Å²) in [5.74, 6) is 1.27. The van der Waals surface area contributed by atoms with Crippen LogP contribution in [0.2, 0.25) is 0 Å². The second-order valence-electron chi connectivity index (χ2n) is 18.8. The molecule has 0 amide bonds. The highest BCUT2D eigenvalue weighted by atomic mass is 31.2. The van der Waals surface area contributed by atoms with Crippen LogP contribution in [0.5, 0.6) is 11.5 Å². The van der Waals surface area contributed by atoms with Crippen molar-refractivity contribution < 1.29 is 46.1 Å². The molecule has 0 radical (unpaired) electrons. The largest absolute Gasteiger partial charge is 0.497 e. The zero-order chi connectivity index (χ0) is 54.7. The van der Waals surface area contributed by atoms with E-state index in [1.807, 2.05) is 161 Å². The minimum Gasteiger partial charge on any atom is -0.497 e. The minimum atomic E-state index is -4.43. The molecule has 1 aliphatic rings. The molecule has 406 valence electrons. The summed E-state index contributed by atoms with van der Waals surface area (Å²) in [6, 6.07) is 41.4. The van der Waals surface area contributed by atoms with Gasteiger partial charge >= 0.3 is 13.5 Å². The van der Waals surface area contributed by atoms with Crippen molar-refractivity contribution in [2.75, 3.05) is 66.2 Å². The van der Waals surface area contributed by atoms with Crippen molar-refractivity contribution in [3.05, 3.63) is 171 Å². The molecule has 1 fully saturated rings. The molecule has 3 heterocycles. The molecule has 5 atom stereocenters. The topological polar surface area (TPSA) is 211 Å². The Bertz CT molecular complexity index is 3230. The van der Waals surface area contributed by atoms with E-state index in [1.54, 1.807) is 14.2 Å². The van der Waals surface area contributed by atoms with Gasteiger partial charge in [-0.3, -0.25) is 27.9 Å².